The van der Waals surface area contributed by atoms with Crippen molar-refractivity contribution in [2.75, 3.05) is 22.7 Å². The highest BCUT2D eigenvalue weighted by molar-refractivity contribution is 7.92. The Morgan fingerprint density at radius 3 is 2.32 bits per heavy atom. The number of benzene rings is 1. The summed E-state index contributed by atoms with van der Waals surface area (Å²) in [5.41, 5.74) is 0.657. The lowest BCUT2D eigenvalue weighted by Gasteiger charge is -2.22. The molecule has 1 aromatic heterocycles. The lowest BCUT2D eigenvalue weighted by atomic mass is 10.2. The monoisotopic (exact) mass is 365 g/mol. The van der Waals surface area contributed by atoms with Crippen LogP contribution < -0.4 is 9.62 Å². The van der Waals surface area contributed by atoms with Crippen LogP contribution in [0.5, 0.6) is 0 Å². The molecule has 0 aliphatic carbocycles. The number of nitrogens with zero attached hydrogens (tertiary/aromatic N) is 2. The number of sulfonamides is 1. The number of halogens is 1. The fourth-order valence-corrected chi connectivity index (χ4v) is 3.64. The molecule has 0 unspecified atom stereocenters. The van der Waals surface area contributed by atoms with E-state index in [9.17, 15) is 12.8 Å². The SMILES string of the molecule is CCCN(CCC)c1ccc(NS(=O)(=O)c2ccc(F)c(C)c2)cn1. The molecule has 0 spiro atoms. The van der Waals surface area contributed by atoms with Crippen molar-refractivity contribution in [3.63, 3.8) is 0 Å². The van der Waals surface area contributed by atoms with Crippen LogP contribution in [0.3, 0.4) is 0 Å². The molecule has 0 aliphatic heterocycles. The summed E-state index contributed by atoms with van der Waals surface area (Å²) in [5.74, 6) is 0.390. The summed E-state index contributed by atoms with van der Waals surface area (Å²) in [6.45, 7) is 7.55. The molecular formula is C18H24FN3O2S. The van der Waals surface area contributed by atoms with E-state index in [1.807, 2.05) is 0 Å². The van der Waals surface area contributed by atoms with Crippen molar-refractivity contribution in [1.29, 1.82) is 0 Å². The van der Waals surface area contributed by atoms with Crippen LogP contribution in [0.25, 0.3) is 0 Å². The number of anilines is 2. The quantitative estimate of drug-likeness (QED) is 0.769. The first kappa shape index (κ1) is 19.2. The molecule has 0 fully saturated rings. The summed E-state index contributed by atoms with van der Waals surface area (Å²) in [4.78, 5) is 6.56. The highest BCUT2D eigenvalue weighted by Crippen LogP contribution is 2.20. The minimum absolute atomic E-state index is 0.0223. The number of aromatic nitrogens is 1. The summed E-state index contributed by atoms with van der Waals surface area (Å²) < 4.78 is 40.6. The maximum atomic E-state index is 13.3. The fraction of sp³-hybridized carbons (Fsp3) is 0.389. The summed E-state index contributed by atoms with van der Waals surface area (Å²) in [5, 5.41) is 0. The molecule has 0 bridgehead atoms. The van der Waals surface area contributed by atoms with E-state index in [2.05, 4.69) is 28.5 Å². The van der Waals surface area contributed by atoms with Crippen LogP contribution in [0.4, 0.5) is 15.9 Å². The molecule has 25 heavy (non-hydrogen) atoms. The van der Waals surface area contributed by atoms with Crippen molar-refractivity contribution in [3.05, 3.63) is 47.9 Å². The molecule has 2 rings (SSSR count). The van der Waals surface area contributed by atoms with Crippen LogP contribution in [-0.4, -0.2) is 26.5 Å². The third kappa shape index (κ3) is 4.92. The molecule has 7 heteroatoms. The largest absolute Gasteiger partial charge is 0.357 e. The third-order valence-electron chi connectivity index (χ3n) is 3.75. The van der Waals surface area contributed by atoms with Crippen LogP contribution in [0.1, 0.15) is 32.3 Å². The number of pyridine rings is 1. The van der Waals surface area contributed by atoms with Crippen LogP contribution in [0.2, 0.25) is 0 Å². The zero-order chi connectivity index (χ0) is 18.4. The van der Waals surface area contributed by atoms with E-state index in [-0.39, 0.29) is 10.5 Å². The predicted molar refractivity (Wildman–Crippen MR) is 99.0 cm³/mol. The maximum absolute atomic E-state index is 13.3. The lowest BCUT2D eigenvalue weighted by Crippen LogP contribution is -2.25. The number of aryl methyl sites for hydroxylation is 1. The van der Waals surface area contributed by atoms with Gasteiger partial charge in [-0.2, -0.15) is 0 Å². The van der Waals surface area contributed by atoms with E-state index in [0.717, 1.165) is 37.8 Å². The van der Waals surface area contributed by atoms with Crippen molar-refractivity contribution in [2.24, 2.45) is 0 Å². The van der Waals surface area contributed by atoms with Gasteiger partial charge in [0.1, 0.15) is 11.6 Å². The second kappa shape index (κ2) is 8.29. The highest BCUT2D eigenvalue weighted by Gasteiger charge is 2.16. The van der Waals surface area contributed by atoms with Gasteiger partial charge in [-0.15, -0.1) is 0 Å². The Bertz CT molecular complexity index is 802. The van der Waals surface area contributed by atoms with Gasteiger partial charge in [0.05, 0.1) is 16.8 Å². The normalized spacial score (nSPS) is 11.4. The second-order valence-electron chi connectivity index (χ2n) is 5.91. The smallest absolute Gasteiger partial charge is 0.261 e. The Morgan fingerprint density at radius 2 is 1.80 bits per heavy atom. The van der Waals surface area contributed by atoms with Crippen LogP contribution in [0, 0.1) is 12.7 Å². The van der Waals surface area contributed by atoms with Gasteiger partial charge >= 0.3 is 0 Å². The van der Waals surface area contributed by atoms with Gasteiger partial charge in [-0.25, -0.2) is 17.8 Å². The van der Waals surface area contributed by atoms with Crippen molar-refractivity contribution in [1.82, 2.24) is 4.98 Å². The minimum Gasteiger partial charge on any atom is -0.357 e. The van der Waals surface area contributed by atoms with E-state index in [0.29, 0.717) is 5.69 Å². The molecule has 0 radical (unpaired) electrons. The van der Waals surface area contributed by atoms with Crippen molar-refractivity contribution < 1.29 is 12.8 Å². The standard InChI is InChI=1S/C18H24FN3O2S/c1-4-10-22(11-5-2)18-9-6-15(13-20-18)21-25(23,24)16-7-8-17(19)14(3)12-16/h6-9,12-13,21H,4-5,10-11H2,1-3H3. The van der Waals surface area contributed by atoms with Gasteiger partial charge in [-0.1, -0.05) is 13.8 Å². The third-order valence-corrected chi connectivity index (χ3v) is 5.13. The molecule has 0 aliphatic rings. The maximum Gasteiger partial charge on any atom is 0.261 e. The fourth-order valence-electron chi connectivity index (χ4n) is 2.51. The van der Waals surface area contributed by atoms with Crippen molar-refractivity contribution >= 4 is 21.5 Å². The molecule has 1 N–H and O–H groups in total. The average molecular weight is 365 g/mol. The lowest BCUT2D eigenvalue weighted by molar-refractivity contribution is 0.598. The number of rotatable bonds is 8. The number of hydrogen-bond donors (Lipinski definition) is 1. The zero-order valence-corrected chi connectivity index (χ0v) is 15.6. The molecule has 1 heterocycles. The summed E-state index contributed by atoms with van der Waals surface area (Å²) >= 11 is 0. The molecule has 5 nitrogen and oxygen atoms in total. The summed E-state index contributed by atoms with van der Waals surface area (Å²) in [7, 11) is -3.78. The molecule has 0 amide bonds. The topological polar surface area (TPSA) is 62.3 Å². The van der Waals surface area contributed by atoms with Gasteiger partial charge in [0, 0.05) is 13.1 Å². The first-order valence-electron chi connectivity index (χ1n) is 8.37. The first-order valence-corrected chi connectivity index (χ1v) is 9.85. The van der Waals surface area contributed by atoms with E-state index in [4.69, 9.17) is 0 Å². The first-order chi connectivity index (χ1) is 11.9. The van der Waals surface area contributed by atoms with Gasteiger partial charge < -0.3 is 4.90 Å². The predicted octanol–water partition coefficient (Wildman–Crippen LogP) is 3.96. The Kier molecular flexibility index (Phi) is 6.36. The van der Waals surface area contributed by atoms with Crippen LogP contribution in [0.15, 0.2) is 41.4 Å². The van der Waals surface area contributed by atoms with E-state index in [1.54, 1.807) is 12.1 Å². The summed E-state index contributed by atoms with van der Waals surface area (Å²) in [6, 6.07) is 7.20. The van der Waals surface area contributed by atoms with Gasteiger partial charge in [0.15, 0.2) is 0 Å². The van der Waals surface area contributed by atoms with Crippen molar-refractivity contribution in [3.8, 4) is 0 Å². The van der Waals surface area contributed by atoms with Gasteiger partial charge in [-0.05, 0) is 55.7 Å². The molecule has 136 valence electrons. The molecule has 0 saturated heterocycles. The summed E-state index contributed by atoms with van der Waals surface area (Å²) in [6.07, 6.45) is 3.53. The van der Waals surface area contributed by atoms with E-state index < -0.39 is 15.8 Å². The molecule has 2 aromatic rings. The Labute approximate surface area is 148 Å². The van der Waals surface area contributed by atoms with Gasteiger partial charge in [0.25, 0.3) is 10.0 Å². The van der Waals surface area contributed by atoms with Gasteiger partial charge in [-0.3, -0.25) is 4.72 Å². The van der Waals surface area contributed by atoms with E-state index in [1.165, 1.54) is 25.3 Å². The van der Waals surface area contributed by atoms with Crippen molar-refractivity contribution in [2.45, 2.75) is 38.5 Å². The molecular weight excluding hydrogens is 341 g/mol. The van der Waals surface area contributed by atoms with Crippen LogP contribution >= 0.6 is 0 Å². The average Bonchev–Trinajstić information content (AvgIpc) is 2.57. The van der Waals surface area contributed by atoms with Gasteiger partial charge in [0.2, 0.25) is 0 Å². The molecule has 0 saturated carbocycles. The highest BCUT2D eigenvalue weighted by atomic mass is 32.2. The zero-order valence-electron chi connectivity index (χ0n) is 14.8. The molecule has 1 aromatic carbocycles. The van der Waals surface area contributed by atoms with E-state index >= 15 is 0 Å². The number of hydrogen-bond acceptors (Lipinski definition) is 4. The van der Waals surface area contributed by atoms with Crippen LogP contribution in [-0.2, 0) is 10.0 Å². The number of nitrogens with one attached hydrogen (secondary N) is 1. The Hall–Kier alpha value is -2.15. The molecule has 0 atom stereocenters. The second-order valence-corrected chi connectivity index (χ2v) is 7.59. The minimum atomic E-state index is -3.78. The Balaban J connectivity index is 2.18. The Morgan fingerprint density at radius 1 is 1.12 bits per heavy atom.